The van der Waals surface area contributed by atoms with Crippen molar-refractivity contribution in [3.8, 4) is 5.88 Å². The van der Waals surface area contributed by atoms with Crippen LogP contribution >= 0.6 is 0 Å². The van der Waals surface area contributed by atoms with E-state index in [1.807, 2.05) is 6.92 Å². The molecule has 2 atom stereocenters. The minimum Gasteiger partial charge on any atom is -0.470 e. The summed E-state index contributed by atoms with van der Waals surface area (Å²) in [6, 6.07) is 0.121. The topological polar surface area (TPSA) is 96.2 Å². The van der Waals surface area contributed by atoms with Crippen LogP contribution in [0.1, 0.15) is 44.7 Å². The normalized spacial score (nSPS) is 22.8. The Bertz CT molecular complexity index is 486. The molecule has 0 aliphatic heterocycles. The van der Waals surface area contributed by atoms with E-state index in [0.29, 0.717) is 12.1 Å². The van der Waals surface area contributed by atoms with Crippen LogP contribution in [0, 0.1) is 10.1 Å². The van der Waals surface area contributed by atoms with Crippen LogP contribution in [-0.4, -0.2) is 26.8 Å². The second-order valence-corrected chi connectivity index (χ2v) is 5.40. The highest BCUT2D eigenvalue weighted by molar-refractivity contribution is 5.46. The van der Waals surface area contributed by atoms with Crippen LogP contribution in [0.5, 0.6) is 5.88 Å². The second kappa shape index (κ2) is 6.21. The summed E-state index contributed by atoms with van der Waals surface area (Å²) < 4.78 is 7.33. The maximum atomic E-state index is 11.3. The van der Waals surface area contributed by atoms with Gasteiger partial charge in [-0.05, 0) is 32.1 Å². The first-order valence-electron chi connectivity index (χ1n) is 7.15. The molecule has 0 spiro atoms. The summed E-state index contributed by atoms with van der Waals surface area (Å²) in [6.07, 6.45) is 4.96. The Morgan fingerprint density at radius 2 is 2.30 bits per heavy atom. The molecule has 2 N–H and O–H groups in total. The van der Waals surface area contributed by atoms with Crippen molar-refractivity contribution in [3.63, 3.8) is 0 Å². The van der Waals surface area contributed by atoms with E-state index in [9.17, 15) is 10.1 Å². The van der Waals surface area contributed by atoms with Crippen molar-refractivity contribution in [2.45, 2.75) is 57.6 Å². The lowest BCUT2D eigenvalue weighted by atomic mass is 9.93. The summed E-state index contributed by atoms with van der Waals surface area (Å²) in [6.45, 7) is 1.97. The van der Waals surface area contributed by atoms with Gasteiger partial charge in [0, 0.05) is 13.1 Å². The van der Waals surface area contributed by atoms with Gasteiger partial charge in [0.2, 0.25) is 0 Å². The number of hydrogen-bond donors (Lipinski definition) is 1. The molecule has 1 saturated carbocycles. The van der Waals surface area contributed by atoms with E-state index < -0.39 is 4.92 Å². The lowest BCUT2D eigenvalue weighted by Crippen LogP contribution is -2.34. The molecule has 1 aliphatic rings. The van der Waals surface area contributed by atoms with Crippen molar-refractivity contribution < 1.29 is 9.66 Å². The Labute approximate surface area is 118 Å². The Balaban J connectivity index is 2.23. The van der Waals surface area contributed by atoms with Crippen LogP contribution in [0.2, 0.25) is 0 Å². The van der Waals surface area contributed by atoms with Crippen molar-refractivity contribution in [1.82, 2.24) is 9.78 Å². The molecular formula is C13H22N4O3. The van der Waals surface area contributed by atoms with Gasteiger partial charge in [-0.25, -0.2) is 4.68 Å². The van der Waals surface area contributed by atoms with Gasteiger partial charge >= 0.3 is 5.69 Å². The monoisotopic (exact) mass is 282 g/mol. The predicted octanol–water partition coefficient (Wildman–Crippen LogP) is 1.93. The van der Waals surface area contributed by atoms with Crippen LogP contribution < -0.4 is 10.5 Å². The molecular weight excluding hydrogens is 260 g/mol. The highest BCUT2D eigenvalue weighted by atomic mass is 16.6. The van der Waals surface area contributed by atoms with Gasteiger partial charge < -0.3 is 10.5 Å². The fourth-order valence-corrected chi connectivity index (χ4v) is 2.72. The molecule has 1 aromatic rings. The molecule has 0 radical (unpaired) electrons. The zero-order valence-electron chi connectivity index (χ0n) is 12.0. The molecule has 0 saturated heterocycles. The molecule has 0 aromatic carbocycles. The third kappa shape index (κ3) is 3.09. The maximum Gasteiger partial charge on any atom is 0.353 e. The van der Waals surface area contributed by atoms with Crippen LogP contribution in [0.3, 0.4) is 0 Å². The summed E-state index contributed by atoms with van der Waals surface area (Å²) in [7, 11) is 1.68. The molecule has 1 fully saturated rings. The van der Waals surface area contributed by atoms with Crippen LogP contribution in [-0.2, 0) is 13.5 Å². The van der Waals surface area contributed by atoms with Gasteiger partial charge in [-0.15, -0.1) is 0 Å². The third-order valence-electron chi connectivity index (χ3n) is 3.65. The van der Waals surface area contributed by atoms with Crippen LogP contribution in [0.25, 0.3) is 0 Å². The van der Waals surface area contributed by atoms with E-state index in [2.05, 4.69) is 5.10 Å². The van der Waals surface area contributed by atoms with Crippen LogP contribution in [0.4, 0.5) is 5.69 Å². The lowest BCUT2D eigenvalue weighted by Gasteiger charge is -2.26. The highest BCUT2D eigenvalue weighted by Crippen LogP contribution is 2.33. The third-order valence-corrected chi connectivity index (χ3v) is 3.65. The first-order valence-corrected chi connectivity index (χ1v) is 7.15. The van der Waals surface area contributed by atoms with E-state index in [-0.39, 0.29) is 23.7 Å². The van der Waals surface area contributed by atoms with Crippen molar-refractivity contribution in [1.29, 1.82) is 0 Å². The summed E-state index contributed by atoms with van der Waals surface area (Å²) >= 11 is 0. The van der Waals surface area contributed by atoms with Gasteiger partial charge in [0.15, 0.2) is 0 Å². The molecule has 2 rings (SSSR count). The zero-order chi connectivity index (χ0) is 14.7. The summed E-state index contributed by atoms with van der Waals surface area (Å²) in [5.74, 6) is 0.262. The first kappa shape index (κ1) is 14.8. The number of hydrogen-bond acceptors (Lipinski definition) is 5. The van der Waals surface area contributed by atoms with Gasteiger partial charge in [-0.2, -0.15) is 5.10 Å². The average Bonchev–Trinajstić information content (AvgIpc) is 2.66. The summed E-state index contributed by atoms with van der Waals surface area (Å²) in [5.41, 5.74) is 6.43. The number of nitro groups is 1. The SMILES string of the molecule is CCCc1nn(C)c(OC2CCCC(N)C2)c1[N+](=O)[O-]. The van der Waals surface area contributed by atoms with Gasteiger partial charge in [-0.1, -0.05) is 13.3 Å². The van der Waals surface area contributed by atoms with Gasteiger partial charge in [0.05, 0.1) is 4.92 Å². The molecule has 1 aliphatic carbocycles. The van der Waals surface area contributed by atoms with Crippen molar-refractivity contribution in [3.05, 3.63) is 15.8 Å². The summed E-state index contributed by atoms with van der Waals surface area (Å²) in [5, 5.41) is 15.5. The molecule has 1 heterocycles. The molecule has 20 heavy (non-hydrogen) atoms. The van der Waals surface area contributed by atoms with Crippen LogP contribution in [0.15, 0.2) is 0 Å². The van der Waals surface area contributed by atoms with Gasteiger partial charge in [0.25, 0.3) is 5.88 Å². The van der Waals surface area contributed by atoms with Gasteiger partial charge in [0.1, 0.15) is 11.8 Å². The predicted molar refractivity (Wildman–Crippen MR) is 74.7 cm³/mol. The maximum absolute atomic E-state index is 11.3. The van der Waals surface area contributed by atoms with Crippen molar-refractivity contribution in [2.24, 2.45) is 12.8 Å². The van der Waals surface area contributed by atoms with Crippen molar-refractivity contribution in [2.75, 3.05) is 0 Å². The first-order chi connectivity index (χ1) is 9.52. The van der Waals surface area contributed by atoms with Gasteiger partial charge in [-0.3, -0.25) is 10.1 Å². The largest absolute Gasteiger partial charge is 0.470 e. The molecule has 112 valence electrons. The lowest BCUT2D eigenvalue weighted by molar-refractivity contribution is -0.386. The highest BCUT2D eigenvalue weighted by Gasteiger charge is 2.31. The minimum absolute atomic E-state index is 0.00787. The Hall–Kier alpha value is -1.63. The van der Waals surface area contributed by atoms with E-state index >= 15 is 0 Å². The standard InChI is InChI=1S/C13H22N4O3/c1-3-5-11-12(17(18)19)13(16(2)15-11)20-10-7-4-6-9(14)8-10/h9-10H,3-8,14H2,1-2H3. The molecule has 0 amide bonds. The quantitative estimate of drug-likeness (QED) is 0.657. The fourth-order valence-electron chi connectivity index (χ4n) is 2.72. The second-order valence-electron chi connectivity index (χ2n) is 5.40. The molecule has 2 unspecified atom stereocenters. The number of nitrogens with two attached hydrogens (primary N) is 1. The van der Waals surface area contributed by atoms with Crippen molar-refractivity contribution >= 4 is 5.69 Å². The fraction of sp³-hybridized carbons (Fsp3) is 0.769. The number of aromatic nitrogens is 2. The smallest absolute Gasteiger partial charge is 0.353 e. The molecule has 7 nitrogen and oxygen atoms in total. The zero-order valence-corrected chi connectivity index (χ0v) is 12.0. The van der Waals surface area contributed by atoms with E-state index in [4.69, 9.17) is 10.5 Å². The minimum atomic E-state index is -0.393. The Morgan fingerprint density at radius 1 is 1.55 bits per heavy atom. The number of ether oxygens (including phenoxy) is 1. The van der Waals surface area contributed by atoms with E-state index in [0.717, 1.165) is 32.1 Å². The average molecular weight is 282 g/mol. The Morgan fingerprint density at radius 3 is 2.90 bits per heavy atom. The van der Waals surface area contributed by atoms with E-state index in [1.165, 1.54) is 4.68 Å². The molecule has 7 heteroatoms. The number of nitrogens with zero attached hydrogens (tertiary/aromatic N) is 3. The Kier molecular flexibility index (Phi) is 4.59. The number of aryl methyl sites for hydroxylation is 2. The summed E-state index contributed by atoms with van der Waals surface area (Å²) in [4.78, 5) is 10.9. The number of rotatable bonds is 5. The molecule has 1 aromatic heterocycles. The molecule has 0 bridgehead atoms. The van der Waals surface area contributed by atoms with E-state index in [1.54, 1.807) is 7.05 Å².